The van der Waals surface area contributed by atoms with Crippen LogP contribution in [0, 0.1) is 0 Å². The molecule has 0 spiro atoms. The fourth-order valence-corrected chi connectivity index (χ4v) is 5.20. The third kappa shape index (κ3) is 3.09. The van der Waals surface area contributed by atoms with Crippen LogP contribution >= 0.6 is 66.1 Å². The van der Waals surface area contributed by atoms with E-state index in [0.29, 0.717) is 11.0 Å². The molecule has 4 aromatic rings. The second-order valence-electron chi connectivity index (χ2n) is 3.95. The predicted octanol–water partition coefficient (Wildman–Crippen LogP) is 5.14. The van der Waals surface area contributed by atoms with E-state index in [9.17, 15) is 0 Å². The molecule has 0 atom stereocenters. The lowest BCUT2D eigenvalue weighted by Gasteiger charge is -1.92. The highest BCUT2D eigenvalue weighted by Crippen LogP contribution is 2.32. The van der Waals surface area contributed by atoms with Crippen molar-refractivity contribution in [1.82, 2.24) is 19.9 Å². The van der Waals surface area contributed by atoms with Gasteiger partial charge in [-0.3, -0.25) is 0 Å². The third-order valence-corrected chi connectivity index (χ3v) is 6.55. The van der Waals surface area contributed by atoms with Crippen LogP contribution in [0.1, 0.15) is 0 Å². The molecular formula is C12H6Br2ClN5S2. The lowest BCUT2D eigenvalue weighted by Crippen LogP contribution is -1.90. The van der Waals surface area contributed by atoms with Crippen molar-refractivity contribution in [2.45, 2.75) is 0 Å². The van der Waals surface area contributed by atoms with Crippen molar-refractivity contribution < 1.29 is 0 Å². The van der Waals surface area contributed by atoms with Crippen molar-refractivity contribution in [2.24, 2.45) is 0 Å². The molecule has 0 fully saturated rings. The highest BCUT2D eigenvalue weighted by molar-refractivity contribution is 9.11. The molecule has 0 unspecified atom stereocenters. The summed E-state index contributed by atoms with van der Waals surface area (Å²) >= 11 is 15.7. The summed E-state index contributed by atoms with van der Waals surface area (Å²) in [4.78, 5) is 17.7. The SMILES string of the molecule is Clc1ncnc2scc(Br)c12.Nc1ncnc2scc(Br)c12. The average molecular weight is 480 g/mol. The number of thiophene rings is 2. The number of hydrogen-bond acceptors (Lipinski definition) is 7. The summed E-state index contributed by atoms with van der Waals surface area (Å²) in [5, 5.41) is 6.22. The minimum Gasteiger partial charge on any atom is -0.383 e. The molecule has 4 rings (SSSR count). The minimum atomic E-state index is 0.503. The molecule has 0 aliphatic rings. The minimum absolute atomic E-state index is 0.503. The highest BCUT2D eigenvalue weighted by atomic mass is 79.9. The average Bonchev–Trinajstić information content (AvgIpc) is 3.06. The van der Waals surface area contributed by atoms with Gasteiger partial charge in [0.2, 0.25) is 0 Å². The number of fused-ring (bicyclic) bond motifs is 2. The van der Waals surface area contributed by atoms with E-state index < -0.39 is 0 Å². The van der Waals surface area contributed by atoms with Gasteiger partial charge < -0.3 is 5.73 Å². The van der Waals surface area contributed by atoms with E-state index in [1.165, 1.54) is 12.7 Å². The van der Waals surface area contributed by atoms with Crippen molar-refractivity contribution in [3.63, 3.8) is 0 Å². The van der Waals surface area contributed by atoms with Gasteiger partial charge in [-0.15, -0.1) is 22.7 Å². The van der Waals surface area contributed by atoms with Gasteiger partial charge in [0.15, 0.2) is 0 Å². The first kappa shape index (κ1) is 16.0. The van der Waals surface area contributed by atoms with E-state index in [0.717, 1.165) is 29.4 Å². The summed E-state index contributed by atoms with van der Waals surface area (Å²) in [6.07, 6.45) is 2.94. The molecule has 0 saturated carbocycles. The molecule has 0 aliphatic heterocycles. The molecule has 2 N–H and O–H groups in total. The van der Waals surface area contributed by atoms with Gasteiger partial charge in [0.05, 0.1) is 10.8 Å². The highest BCUT2D eigenvalue weighted by Gasteiger charge is 2.06. The molecule has 4 aromatic heterocycles. The van der Waals surface area contributed by atoms with Crippen LogP contribution in [0.2, 0.25) is 5.15 Å². The zero-order chi connectivity index (χ0) is 15.7. The van der Waals surface area contributed by atoms with Gasteiger partial charge in [0.1, 0.15) is 33.3 Å². The normalized spacial score (nSPS) is 10.7. The van der Waals surface area contributed by atoms with Crippen LogP contribution in [-0.4, -0.2) is 19.9 Å². The molecule has 112 valence electrons. The summed E-state index contributed by atoms with van der Waals surface area (Å²) < 4.78 is 1.93. The van der Waals surface area contributed by atoms with E-state index in [1.54, 1.807) is 22.7 Å². The third-order valence-electron chi connectivity index (χ3n) is 2.63. The summed E-state index contributed by atoms with van der Waals surface area (Å²) in [6.45, 7) is 0. The van der Waals surface area contributed by atoms with Gasteiger partial charge in [-0.05, 0) is 31.9 Å². The molecular weight excluding hydrogens is 474 g/mol. The van der Waals surface area contributed by atoms with Crippen molar-refractivity contribution in [3.8, 4) is 0 Å². The number of aromatic nitrogens is 4. The molecule has 4 heterocycles. The smallest absolute Gasteiger partial charge is 0.142 e. The van der Waals surface area contributed by atoms with Gasteiger partial charge in [-0.25, -0.2) is 19.9 Å². The molecule has 0 aliphatic carbocycles. The first-order chi connectivity index (χ1) is 10.6. The maximum Gasteiger partial charge on any atom is 0.142 e. The predicted molar refractivity (Wildman–Crippen MR) is 99.7 cm³/mol. The molecule has 0 radical (unpaired) electrons. The summed E-state index contributed by atoms with van der Waals surface area (Å²) in [5.74, 6) is 0.531. The zero-order valence-corrected chi connectivity index (χ0v) is 16.2. The van der Waals surface area contributed by atoms with Crippen LogP contribution in [0.25, 0.3) is 20.4 Å². The second kappa shape index (κ2) is 6.71. The Hall–Kier alpha value is -0.870. The molecule has 0 bridgehead atoms. The Morgan fingerprint density at radius 1 is 0.864 bits per heavy atom. The number of rotatable bonds is 0. The fourth-order valence-electron chi connectivity index (χ4n) is 1.67. The second-order valence-corrected chi connectivity index (χ2v) is 7.73. The lowest BCUT2D eigenvalue weighted by atomic mass is 10.4. The van der Waals surface area contributed by atoms with Crippen LogP contribution in [0.3, 0.4) is 0 Å². The maximum absolute atomic E-state index is 5.83. The Morgan fingerprint density at radius 3 is 2.00 bits per heavy atom. The van der Waals surface area contributed by atoms with Crippen molar-refractivity contribution in [1.29, 1.82) is 0 Å². The monoisotopic (exact) mass is 477 g/mol. The molecule has 0 saturated heterocycles. The van der Waals surface area contributed by atoms with E-state index in [-0.39, 0.29) is 0 Å². The Morgan fingerprint density at radius 2 is 1.41 bits per heavy atom. The van der Waals surface area contributed by atoms with Crippen LogP contribution in [0.4, 0.5) is 5.82 Å². The number of nitrogens with two attached hydrogens (primary N) is 1. The zero-order valence-electron chi connectivity index (χ0n) is 10.6. The van der Waals surface area contributed by atoms with Crippen LogP contribution < -0.4 is 5.73 Å². The van der Waals surface area contributed by atoms with Gasteiger partial charge in [0, 0.05) is 19.7 Å². The Balaban J connectivity index is 0.000000131. The number of hydrogen-bond donors (Lipinski definition) is 1. The summed E-state index contributed by atoms with van der Waals surface area (Å²) in [7, 11) is 0. The van der Waals surface area contributed by atoms with E-state index in [1.807, 2.05) is 10.8 Å². The van der Waals surface area contributed by atoms with Crippen molar-refractivity contribution in [2.75, 3.05) is 5.73 Å². The lowest BCUT2D eigenvalue weighted by molar-refractivity contribution is 1.23. The van der Waals surface area contributed by atoms with Gasteiger partial charge in [-0.1, -0.05) is 11.6 Å². The van der Waals surface area contributed by atoms with E-state index in [2.05, 4.69) is 51.8 Å². The fraction of sp³-hybridized carbons (Fsp3) is 0. The Kier molecular flexibility index (Phi) is 4.88. The van der Waals surface area contributed by atoms with Gasteiger partial charge in [-0.2, -0.15) is 0 Å². The van der Waals surface area contributed by atoms with E-state index >= 15 is 0 Å². The van der Waals surface area contributed by atoms with Crippen LogP contribution in [-0.2, 0) is 0 Å². The molecule has 22 heavy (non-hydrogen) atoms. The van der Waals surface area contributed by atoms with E-state index in [4.69, 9.17) is 17.3 Å². The van der Waals surface area contributed by atoms with Crippen LogP contribution in [0.15, 0.2) is 32.4 Å². The van der Waals surface area contributed by atoms with Gasteiger partial charge in [0.25, 0.3) is 0 Å². The number of halogens is 3. The largest absolute Gasteiger partial charge is 0.383 e. The first-order valence-electron chi connectivity index (χ1n) is 5.74. The molecule has 10 heteroatoms. The standard InChI is InChI=1S/C6H2BrClN2S.C6H4BrN3S/c2*7-3-1-11-6-4(3)5(8)9-2-10-6/h1-2H;1-2H,(H2,8,9,10). The first-order valence-corrected chi connectivity index (χ1v) is 9.46. The summed E-state index contributed by atoms with van der Waals surface area (Å²) in [5.41, 5.74) is 5.63. The molecule has 5 nitrogen and oxygen atoms in total. The van der Waals surface area contributed by atoms with Crippen molar-refractivity contribution >= 4 is 92.4 Å². The number of nitrogen functional groups attached to an aromatic ring is 1. The summed E-state index contributed by atoms with van der Waals surface area (Å²) in [6, 6.07) is 0. The molecule has 0 amide bonds. The Bertz CT molecular complexity index is 877. The molecule has 0 aromatic carbocycles. The topological polar surface area (TPSA) is 77.6 Å². The Labute approximate surface area is 154 Å². The van der Waals surface area contributed by atoms with Crippen molar-refractivity contribution in [3.05, 3.63) is 37.5 Å². The van der Waals surface area contributed by atoms with Crippen LogP contribution in [0.5, 0.6) is 0 Å². The maximum atomic E-state index is 5.83. The number of nitrogens with zero attached hydrogens (tertiary/aromatic N) is 4. The van der Waals surface area contributed by atoms with Gasteiger partial charge >= 0.3 is 0 Å². The number of anilines is 1. The quantitative estimate of drug-likeness (QED) is 0.353.